The molecule has 2 aromatic rings. The molecular weight excluding hydrogens is 412 g/mol. The van der Waals surface area contributed by atoms with Crippen LogP contribution in [0.3, 0.4) is 0 Å². The lowest BCUT2D eigenvalue weighted by Crippen LogP contribution is -2.30. The zero-order valence-electron chi connectivity index (χ0n) is 18.8. The van der Waals surface area contributed by atoms with Crippen molar-refractivity contribution in [2.75, 3.05) is 13.2 Å². The number of rotatable bonds is 10. The van der Waals surface area contributed by atoms with Crippen LogP contribution in [-0.2, 0) is 15.6 Å². The fourth-order valence-electron chi connectivity index (χ4n) is 3.09. The topological polar surface area (TPSA) is 27.7 Å². The average Bonchev–Trinajstić information content (AvgIpc) is 2.59. The minimum absolute atomic E-state index is 0.0994. The first-order valence-electron chi connectivity index (χ1n) is 10.00. The summed E-state index contributed by atoms with van der Waals surface area (Å²) < 4.78 is 67.0. The largest absolute Gasteiger partial charge is 0.433 e. The van der Waals surface area contributed by atoms with Gasteiger partial charge in [-0.15, -0.1) is 0 Å². The number of hydrogen-bond acceptors (Lipinski definition) is 3. The smallest absolute Gasteiger partial charge is 0.394 e. The molecule has 2 rings (SSSR count). The van der Waals surface area contributed by atoms with Crippen LogP contribution in [0.4, 0.5) is 17.6 Å². The van der Waals surface area contributed by atoms with Crippen LogP contribution >= 0.6 is 0 Å². The van der Waals surface area contributed by atoms with Gasteiger partial charge in [0, 0.05) is 24.7 Å². The highest BCUT2D eigenvalue weighted by atomic mass is 19.3. The van der Waals surface area contributed by atoms with E-state index in [-0.39, 0.29) is 22.3 Å². The number of halogens is 4. The van der Waals surface area contributed by atoms with E-state index in [0.29, 0.717) is 27.1 Å². The van der Waals surface area contributed by atoms with Crippen LogP contribution < -0.4 is 9.47 Å². The second kappa shape index (κ2) is 9.07. The predicted molar refractivity (Wildman–Crippen MR) is 112 cm³/mol. The number of alkyl halides is 4. The van der Waals surface area contributed by atoms with E-state index < -0.39 is 12.2 Å². The summed E-state index contributed by atoms with van der Waals surface area (Å²) in [6.07, 6.45) is -6.46. The van der Waals surface area contributed by atoms with E-state index in [2.05, 4.69) is 9.47 Å². The quantitative estimate of drug-likeness (QED) is 0.373. The molecule has 0 aliphatic carbocycles. The molecule has 3 nitrogen and oxygen atoms in total. The number of ether oxygens (including phenoxy) is 3. The number of hydrogen-bond donors (Lipinski definition) is 0. The SMILES string of the molecule is CC(F)(F)Oc1ccc(C(C)(C)COCC(C)(C)c2ccc(OC(C)(F)F)cc2)cc1. The van der Waals surface area contributed by atoms with Gasteiger partial charge in [-0.25, -0.2) is 0 Å². The van der Waals surface area contributed by atoms with Gasteiger partial charge in [0.15, 0.2) is 0 Å². The van der Waals surface area contributed by atoms with Crippen molar-refractivity contribution in [2.45, 2.75) is 64.6 Å². The highest BCUT2D eigenvalue weighted by molar-refractivity contribution is 5.33. The molecule has 0 bridgehead atoms. The van der Waals surface area contributed by atoms with Crippen molar-refractivity contribution < 1.29 is 31.8 Å². The standard InChI is InChI=1S/C24H30F4O3/c1-21(2,17-7-11-19(12-8-17)30-23(5,25)26)15-29-16-22(3,4)18-9-13-20(14-10-18)31-24(6,27)28/h7-14H,15-16H2,1-6H3. The Hall–Kier alpha value is -2.28. The summed E-state index contributed by atoms with van der Waals surface area (Å²) in [6, 6.07) is 13.1. The van der Waals surface area contributed by atoms with Crippen LogP contribution in [0.25, 0.3) is 0 Å². The molecule has 2 aromatic carbocycles. The molecule has 0 fully saturated rings. The molecule has 0 radical (unpaired) electrons. The average molecular weight is 442 g/mol. The summed E-state index contributed by atoms with van der Waals surface area (Å²) >= 11 is 0. The minimum Gasteiger partial charge on any atom is -0.433 e. The Morgan fingerprint density at radius 2 is 0.839 bits per heavy atom. The van der Waals surface area contributed by atoms with Gasteiger partial charge in [0.25, 0.3) is 0 Å². The van der Waals surface area contributed by atoms with Crippen molar-refractivity contribution in [3.63, 3.8) is 0 Å². The normalized spacial score (nSPS) is 13.2. The van der Waals surface area contributed by atoms with E-state index in [0.717, 1.165) is 11.1 Å². The van der Waals surface area contributed by atoms with Crippen LogP contribution in [0.1, 0.15) is 52.7 Å². The molecule has 0 heterocycles. The second-order valence-corrected chi connectivity index (χ2v) is 9.13. The Morgan fingerprint density at radius 3 is 1.10 bits per heavy atom. The van der Waals surface area contributed by atoms with Crippen molar-refractivity contribution in [1.82, 2.24) is 0 Å². The minimum atomic E-state index is -3.23. The van der Waals surface area contributed by atoms with Gasteiger partial charge >= 0.3 is 12.2 Å². The van der Waals surface area contributed by atoms with Gasteiger partial charge in [0.1, 0.15) is 11.5 Å². The van der Waals surface area contributed by atoms with E-state index in [9.17, 15) is 17.6 Å². The van der Waals surface area contributed by atoms with E-state index in [4.69, 9.17) is 4.74 Å². The maximum absolute atomic E-state index is 13.0. The highest BCUT2D eigenvalue weighted by Crippen LogP contribution is 2.30. The Balaban J connectivity index is 1.95. The first-order chi connectivity index (χ1) is 14.1. The molecule has 0 aliphatic rings. The van der Waals surface area contributed by atoms with Crippen molar-refractivity contribution in [3.8, 4) is 11.5 Å². The first-order valence-corrected chi connectivity index (χ1v) is 10.00. The Labute approximate surface area is 181 Å². The highest BCUT2D eigenvalue weighted by Gasteiger charge is 2.27. The van der Waals surface area contributed by atoms with Crippen LogP contribution in [0.15, 0.2) is 48.5 Å². The van der Waals surface area contributed by atoms with Crippen LogP contribution in [0.5, 0.6) is 11.5 Å². The van der Waals surface area contributed by atoms with Crippen molar-refractivity contribution in [2.24, 2.45) is 0 Å². The molecule has 0 N–H and O–H groups in total. The van der Waals surface area contributed by atoms with E-state index in [1.807, 2.05) is 27.7 Å². The Bertz CT molecular complexity index is 762. The molecular formula is C24H30F4O3. The van der Waals surface area contributed by atoms with Crippen molar-refractivity contribution >= 4 is 0 Å². The zero-order valence-corrected chi connectivity index (χ0v) is 18.8. The molecule has 0 spiro atoms. The lowest BCUT2D eigenvalue weighted by atomic mass is 9.84. The summed E-state index contributed by atoms with van der Waals surface area (Å²) in [6.45, 7) is 10.2. The lowest BCUT2D eigenvalue weighted by molar-refractivity contribution is -0.159. The van der Waals surface area contributed by atoms with Crippen LogP contribution in [0, 0.1) is 0 Å². The number of benzene rings is 2. The molecule has 7 heteroatoms. The Morgan fingerprint density at radius 1 is 0.548 bits per heavy atom. The molecule has 31 heavy (non-hydrogen) atoms. The third-order valence-electron chi connectivity index (χ3n) is 4.79. The van der Waals surface area contributed by atoms with E-state index >= 15 is 0 Å². The third kappa shape index (κ3) is 8.05. The first kappa shape index (κ1) is 25.0. The van der Waals surface area contributed by atoms with Gasteiger partial charge < -0.3 is 14.2 Å². The zero-order chi connectivity index (χ0) is 23.5. The second-order valence-electron chi connectivity index (χ2n) is 9.13. The maximum atomic E-state index is 13.0. The third-order valence-corrected chi connectivity index (χ3v) is 4.79. The van der Waals surface area contributed by atoms with Crippen molar-refractivity contribution in [1.29, 1.82) is 0 Å². The van der Waals surface area contributed by atoms with Crippen LogP contribution in [0.2, 0.25) is 0 Å². The summed E-state index contributed by atoms with van der Waals surface area (Å²) in [4.78, 5) is 0. The van der Waals surface area contributed by atoms with Gasteiger partial charge in [-0.05, 0) is 35.4 Å². The molecule has 172 valence electrons. The fourth-order valence-corrected chi connectivity index (χ4v) is 3.09. The molecule has 0 unspecified atom stereocenters. The fraction of sp³-hybridized carbons (Fsp3) is 0.500. The molecule has 0 amide bonds. The predicted octanol–water partition coefficient (Wildman–Crippen LogP) is 6.94. The van der Waals surface area contributed by atoms with Gasteiger partial charge in [0.2, 0.25) is 0 Å². The van der Waals surface area contributed by atoms with E-state index in [1.165, 1.54) is 24.3 Å². The van der Waals surface area contributed by atoms with Gasteiger partial charge in [-0.3, -0.25) is 0 Å². The molecule has 0 saturated heterocycles. The van der Waals surface area contributed by atoms with Gasteiger partial charge in [0.05, 0.1) is 13.2 Å². The molecule has 0 saturated carbocycles. The summed E-state index contributed by atoms with van der Waals surface area (Å²) in [7, 11) is 0. The van der Waals surface area contributed by atoms with Crippen molar-refractivity contribution in [3.05, 3.63) is 59.7 Å². The molecule has 0 aromatic heterocycles. The summed E-state index contributed by atoms with van der Waals surface area (Å²) in [5.41, 5.74) is 1.15. The summed E-state index contributed by atoms with van der Waals surface area (Å²) in [5, 5.41) is 0. The monoisotopic (exact) mass is 442 g/mol. The molecule has 0 atom stereocenters. The Kier molecular flexibility index (Phi) is 7.31. The van der Waals surface area contributed by atoms with E-state index in [1.54, 1.807) is 24.3 Å². The molecule has 0 aliphatic heterocycles. The lowest BCUT2D eigenvalue weighted by Gasteiger charge is -2.30. The van der Waals surface area contributed by atoms with Gasteiger partial charge in [-0.1, -0.05) is 52.0 Å². The summed E-state index contributed by atoms with van der Waals surface area (Å²) in [5.74, 6) is 0.199. The van der Waals surface area contributed by atoms with Crippen LogP contribution in [-0.4, -0.2) is 25.4 Å². The van der Waals surface area contributed by atoms with Gasteiger partial charge in [-0.2, -0.15) is 17.6 Å². The maximum Gasteiger partial charge on any atom is 0.394 e.